The number of H-pyrrole nitrogens is 1. The molecule has 1 heterocycles. The van der Waals surface area contributed by atoms with E-state index in [-0.39, 0.29) is 18.6 Å². The number of aromatic amines is 1. The van der Waals surface area contributed by atoms with E-state index >= 15 is 0 Å². The lowest BCUT2D eigenvalue weighted by Gasteiger charge is -2.24. The Hall–Kier alpha value is -4.91. The van der Waals surface area contributed by atoms with Crippen molar-refractivity contribution >= 4 is 40.5 Å². The van der Waals surface area contributed by atoms with E-state index < -0.39 is 60.2 Å². The lowest BCUT2D eigenvalue weighted by molar-refractivity contribution is -0.142. The van der Waals surface area contributed by atoms with Crippen molar-refractivity contribution in [3.63, 3.8) is 0 Å². The van der Waals surface area contributed by atoms with Gasteiger partial charge in [0, 0.05) is 29.9 Å². The number of hydrogen-bond acceptors (Lipinski definition) is 7. The third-order valence-corrected chi connectivity index (χ3v) is 6.23. The van der Waals surface area contributed by atoms with Crippen LogP contribution < -0.4 is 27.4 Å². The average molecular weight is 553 g/mol. The minimum absolute atomic E-state index is 0.00892. The van der Waals surface area contributed by atoms with E-state index in [1.54, 1.807) is 6.20 Å². The van der Waals surface area contributed by atoms with Gasteiger partial charge in [0.05, 0.1) is 12.5 Å². The van der Waals surface area contributed by atoms with E-state index in [4.69, 9.17) is 11.5 Å². The first-order chi connectivity index (χ1) is 18.9. The Morgan fingerprint density at radius 1 is 0.875 bits per heavy atom. The number of rotatable bonds is 13. The fourth-order valence-corrected chi connectivity index (χ4v) is 4.06. The summed E-state index contributed by atoms with van der Waals surface area (Å²) in [6.45, 7) is 1.37. The van der Waals surface area contributed by atoms with Crippen LogP contribution >= 0.6 is 0 Å². The van der Waals surface area contributed by atoms with Crippen LogP contribution in [0.5, 0.6) is 5.75 Å². The van der Waals surface area contributed by atoms with Crippen LogP contribution in [-0.4, -0.2) is 69.0 Å². The molecule has 0 aliphatic heterocycles. The van der Waals surface area contributed by atoms with Gasteiger partial charge in [0.25, 0.3) is 0 Å². The van der Waals surface area contributed by atoms with Crippen molar-refractivity contribution < 1.29 is 34.2 Å². The van der Waals surface area contributed by atoms with Gasteiger partial charge < -0.3 is 42.6 Å². The highest BCUT2D eigenvalue weighted by atomic mass is 16.4. The lowest BCUT2D eigenvalue weighted by atomic mass is 10.0. The van der Waals surface area contributed by atoms with Gasteiger partial charge >= 0.3 is 5.97 Å². The monoisotopic (exact) mass is 552 g/mol. The summed E-state index contributed by atoms with van der Waals surface area (Å²) in [6, 6.07) is 8.28. The molecule has 3 aromatic rings. The second-order valence-electron chi connectivity index (χ2n) is 9.40. The van der Waals surface area contributed by atoms with Crippen molar-refractivity contribution in [3.8, 4) is 5.75 Å². The SMILES string of the molecule is CC(NC(=O)C(N)CC(N)=O)C(=O)NC(Cc1c[nH]c2ccccc12)C(=O)NC(Cc1ccc(O)cc1)C(=O)O. The third-order valence-electron chi connectivity index (χ3n) is 6.23. The number of primary amides is 1. The molecule has 4 atom stereocenters. The Balaban J connectivity index is 1.79. The number of amides is 4. The number of nitrogens with two attached hydrogens (primary N) is 2. The van der Waals surface area contributed by atoms with E-state index in [1.165, 1.54) is 31.2 Å². The van der Waals surface area contributed by atoms with Gasteiger partial charge in [-0.05, 0) is 36.2 Å². The second-order valence-corrected chi connectivity index (χ2v) is 9.40. The number of phenols is 1. The van der Waals surface area contributed by atoms with Crippen LogP contribution in [0.3, 0.4) is 0 Å². The molecule has 0 aliphatic carbocycles. The fourth-order valence-electron chi connectivity index (χ4n) is 4.06. The maximum absolute atomic E-state index is 13.4. The molecule has 40 heavy (non-hydrogen) atoms. The molecule has 4 amide bonds. The number of nitrogens with one attached hydrogen (secondary N) is 4. The summed E-state index contributed by atoms with van der Waals surface area (Å²) in [6.07, 6.45) is 1.22. The number of aromatic nitrogens is 1. The molecule has 0 saturated heterocycles. The van der Waals surface area contributed by atoms with Crippen LogP contribution in [0.2, 0.25) is 0 Å². The summed E-state index contributed by atoms with van der Waals surface area (Å²) in [5.74, 6) is -4.33. The second kappa shape index (κ2) is 13.2. The molecule has 10 N–H and O–H groups in total. The maximum Gasteiger partial charge on any atom is 0.326 e. The number of phenolic OH excluding ortho intramolecular Hbond substituents is 1. The van der Waals surface area contributed by atoms with Crippen molar-refractivity contribution in [3.05, 3.63) is 65.9 Å². The molecular weight excluding hydrogens is 520 g/mol. The van der Waals surface area contributed by atoms with Gasteiger partial charge in [0.15, 0.2) is 0 Å². The molecular formula is C27H32N6O7. The van der Waals surface area contributed by atoms with Gasteiger partial charge in [0.2, 0.25) is 23.6 Å². The minimum Gasteiger partial charge on any atom is -0.508 e. The molecule has 0 radical (unpaired) electrons. The Morgan fingerprint density at radius 2 is 1.52 bits per heavy atom. The van der Waals surface area contributed by atoms with Crippen LogP contribution in [0.1, 0.15) is 24.5 Å². The highest BCUT2D eigenvalue weighted by Crippen LogP contribution is 2.19. The number of hydrogen-bond donors (Lipinski definition) is 8. The van der Waals surface area contributed by atoms with Crippen LogP contribution in [0, 0.1) is 0 Å². The number of aliphatic carboxylic acids is 1. The first-order valence-electron chi connectivity index (χ1n) is 12.4. The third kappa shape index (κ3) is 8.04. The summed E-state index contributed by atoms with van der Waals surface area (Å²) in [4.78, 5) is 64.7. The molecule has 13 nitrogen and oxygen atoms in total. The fraction of sp³-hybridized carbons (Fsp3) is 0.296. The maximum atomic E-state index is 13.4. The van der Waals surface area contributed by atoms with Crippen molar-refractivity contribution in [2.75, 3.05) is 0 Å². The first-order valence-corrected chi connectivity index (χ1v) is 12.4. The minimum atomic E-state index is -1.33. The Bertz CT molecular complexity index is 1390. The molecule has 0 aliphatic rings. The standard InChI is InChI=1S/C27H32N6O7/c1-14(31-25(37)19(28)12-23(29)35)24(36)32-21(11-16-13-30-20-5-3-2-4-18(16)20)26(38)33-22(27(39)40)10-15-6-8-17(34)9-7-15/h2-9,13-14,19,21-22,30,34H,10-12,28H2,1H3,(H2,29,35)(H,31,37)(H,32,36)(H,33,38)(H,39,40). The summed E-state index contributed by atoms with van der Waals surface area (Å²) in [7, 11) is 0. The quantitative estimate of drug-likeness (QED) is 0.136. The van der Waals surface area contributed by atoms with E-state index in [2.05, 4.69) is 20.9 Å². The molecule has 3 rings (SSSR count). The predicted molar refractivity (Wildman–Crippen MR) is 145 cm³/mol. The number of carbonyl (C=O) groups is 5. The molecule has 212 valence electrons. The number of carboxylic acids is 1. The van der Waals surface area contributed by atoms with Gasteiger partial charge in [0.1, 0.15) is 23.9 Å². The van der Waals surface area contributed by atoms with Crippen molar-refractivity contribution in [1.29, 1.82) is 0 Å². The van der Waals surface area contributed by atoms with Gasteiger partial charge in [-0.1, -0.05) is 30.3 Å². The van der Waals surface area contributed by atoms with E-state index in [0.717, 1.165) is 10.9 Å². The Labute approximate surface area is 229 Å². The Kier molecular flexibility index (Phi) is 9.81. The molecule has 2 aromatic carbocycles. The zero-order valence-electron chi connectivity index (χ0n) is 21.7. The van der Waals surface area contributed by atoms with Gasteiger partial charge in [-0.2, -0.15) is 0 Å². The van der Waals surface area contributed by atoms with Crippen LogP contribution in [-0.2, 0) is 36.8 Å². The van der Waals surface area contributed by atoms with Gasteiger partial charge in [-0.3, -0.25) is 19.2 Å². The normalized spacial score (nSPS) is 13.9. The van der Waals surface area contributed by atoms with Crippen molar-refractivity contribution in [2.24, 2.45) is 11.5 Å². The molecule has 13 heteroatoms. The van der Waals surface area contributed by atoms with Crippen LogP contribution in [0.4, 0.5) is 0 Å². The van der Waals surface area contributed by atoms with Crippen LogP contribution in [0.25, 0.3) is 10.9 Å². The molecule has 0 bridgehead atoms. The number of benzene rings is 2. The predicted octanol–water partition coefficient (Wildman–Crippen LogP) is -0.580. The summed E-state index contributed by atoms with van der Waals surface area (Å²) >= 11 is 0. The molecule has 1 aromatic heterocycles. The van der Waals surface area contributed by atoms with Crippen molar-refractivity contribution in [2.45, 2.75) is 50.4 Å². The van der Waals surface area contributed by atoms with E-state index in [9.17, 15) is 34.2 Å². The summed E-state index contributed by atoms with van der Waals surface area (Å²) in [5.41, 5.74) is 12.8. The molecule has 0 saturated carbocycles. The number of aromatic hydroxyl groups is 1. The average Bonchev–Trinajstić information content (AvgIpc) is 3.31. The van der Waals surface area contributed by atoms with Crippen molar-refractivity contribution in [1.82, 2.24) is 20.9 Å². The number of carboxylic acid groups (broad SMARTS) is 1. The zero-order valence-corrected chi connectivity index (χ0v) is 21.7. The number of carbonyl (C=O) groups excluding carboxylic acids is 4. The number of para-hydroxylation sites is 1. The smallest absolute Gasteiger partial charge is 0.326 e. The summed E-state index contributed by atoms with van der Waals surface area (Å²) < 4.78 is 0. The number of fused-ring (bicyclic) bond motifs is 1. The highest BCUT2D eigenvalue weighted by Gasteiger charge is 2.30. The molecule has 0 fully saturated rings. The van der Waals surface area contributed by atoms with Gasteiger partial charge in [-0.15, -0.1) is 0 Å². The molecule has 0 spiro atoms. The van der Waals surface area contributed by atoms with Gasteiger partial charge in [-0.25, -0.2) is 4.79 Å². The van der Waals surface area contributed by atoms with Crippen LogP contribution in [0.15, 0.2) is 54.7 Å². The summed E-state index contributed by atoms with van der Waals surface area (Å²) in [5, 5.41) is 27.5. The lowest BCUT2D eigenvalue weighted by Crippen LogP contribution is -2.57. The topological polar surface area (TPSA) is 230 Å². The van der Waals surface area contributed by atoms with E-state index in [0.29, 0.717) is 11.1 Å². The highest BCUT2D eigenvalue weighted by molar-refractivity contribution is 5.95. The zero-order chi connectivity index (χ0) is 29.4. The molecule has 4 unspecified atom stereocenters. The largest absolute Gasteiger partial charge is 0.508 e. The Morgan fingerprint density at radius 3 is 2.17 bits per heavy atom. The van der Waals surface area contributed by atoms with E-state index in [1.807, 2.05) is 24.3 Å². The first kappa shape index (κ1) is 29.6.